The van der Waals surface area contributed by atoms with E-state index >= 15 is 0 Å². The number of hydrogen-bond donors (Lipinski definition) is 0. The number of rotatable bonds is 3. The third kappa shape index (κ3) is 1.71. The Morgan fingerprint density at radius 1 is 1.53 bits per heavy atom. The Labute approximate surface area is 89.0 Å². The molecule has 2 rings (SSSR count). The first kappa shape index (κ1) is 9.72. The van der Waals surface area contributed by atoms with E-state index in [0.717, 1.165) is 12.8 Å². The van der Waals surface area contributed by atoms with E-state index in [1.165, 1.54) is 16.1 Å². The molecule has 1 aromatic rings. The van der Waals surface area contributed by atoms with Gasteiger partial charge in [0.15, 0.2) is 0 Å². The number of aryl methyl sites for hydroxylation is 1. The Morgan fingerprint density at radius 2 is 2.33 bits per heavy atom. The molecule has 1 aliphatic rings. The second kappa shape index (κ2) is 4.14. The molecule has 76 valence electrons. The van der Waals surface area contributed by atoms with Crippen LogP contribution in [0, 0.1) is 17.3 Å². The molecule has 0 heterocycles. The molecule has 0 saturated carbocycles. The molecule has 0 amide bonds. The maximum absolute atomic E-state index is 10.7. The van der Waals surface area contributed by atoms with Crippen LogP contribution in [0.5, 0.6) is 0 Å². The minimum Gasteiger partial charge on any atom is -0.241 e. The molecule has 1 aromatic carbocycles. The highest BCUT2D eigenvalue weighted by Gasteiger charge is 2.27. The fourth-order valence-electron chi connectivity index (χ4n) is 2.13. The SMILES string of the molecule is C#CCN(N=O)[C@@H]1CCc2ccccc21. The molecular weight excluding hydrogens is 188 g/mol. The summed E-state index contributed by atoms with van der Waals surface area (Å²) in [5.41, 5.74) is 2.49. The Hall–Kier alpha value is -1.82. The summed E-state index contributed by atoms with van der Waals surface area (Å²) in [4.78, 5) is 10.7. The molecule has 0 N–H and O–H groups in total. The fourth-order valence-corrected chi connectivity index (χ4v) is 2.13. The molecule has 0 saturated heterocycles. The van der Waals surface area contributed by atoms with Gasteiger partial charge in [0.25, 0.3) is 0 Å². The smallest absolute Gasteiger partial charge is 0.100 e. The third-order valence-electron chi connectivity index (χ3n) is 2.82. The number of nitrogens with zero attached hydrogens (tertiary/aromatic N) is 2. The quantitative estimate of drug-likeness (QED) is 0.426. The number of benzene rings is 1. The van der Waals surface area contributed by atoms with E-state index in [9.17, 15) is 4.91 Å². The molecule has 0 unspecified atom stereocenters. The molecule has 15 heavy (non-hydrogen) atoms. The van der Waals surface area contributed by atoms with Gasteiger partial charge in [-0.1, -0.05) is 30.2 Å². The van der Waals surface area contributed by atoms with Crippen molar-refractivity contribution in [1.82, 2.24) is 5.01 Å². The molecule has 0 radical (unpaired) electrons. The number of terminal acetylenes is 1. The van der Waals surface area contributed by atoms with Crippen molar-refractivity contribution in [2.45, 2.75) is 18.9 Å². The zero-order chi connectivity index (χ0) is 10.7. The number of fused-ring (bicyclic) bond motifs is 1. The van der Waals surface area contributed by atoms with Crippen LogP contribution >= 0.6 is 0 Å². The topological polar surface area (TPSA) is 32.7 Å². The molecule has 3 heteroatoms. The van der Waals surface area contributed by atoms with Crippen LogP contribution in [0.3, 0.4) is 0 Å². The summed E-state index contributed by atoms with van der Waals surface area (Å²) in [6.45, 7) is 0.280. The van der Waals surface area contributed by atoms with Crippen LogP contribution in [-0.4, -0.2) is 11.6 Å². The molecule has 0 aliphatic heterocycles. The van der Waals surface area contributed by atoms with Crippen LogP contribution in [-0.2, 0) is 6.42 Å². The fraction of sp³-hybridized carbons (Fsp3) is 0.333. The van der Waals surface area contributed by atoms with Crippen LogP contribution in [0.15, 0.2) is 29.6 Å². The van der Waals surface area contributed by atoms with Crippen LogP contribution < -0.4 is 0 Å². The summed E-state index contributed by atoms with van der Waals surface area (Å²) >= 11 is 0. The van der Waals surface area contributed by atoms with E-state index < -0.39 is 0 Å². The van der Waals surface area contributed by atoms with Crippen molar-refractivity contribution >= 4 is 0 Å². The van der Waals surface area contributed by atoms with Gasteiger partial charge in [-0.3, -0.25) is 0 Å². The summed E-state index contributed by atoms with van der Waals surface area (Å²) < 4.78 is 0. The zero-order valence-corrected chi connectivity index (χ0v) is 8.39. The second-order valence-corrected chi connectivity index (χ2v) is 3.64. The van der Waals surface area contributed by atoms with E-state index in [0.29, 0.717) is 0 Å². The first-order valence-corrected chi connectivity index (χ1v) is 4.98. The molecule has 0 fully saturated rings. The van der Waals surface area contributed by atoms with Gasteiger partial charge >= 0.3 is 0 Å². The van der Waals surface area contributed by atoms with Crippen molar-refractivity contribution in [2.24, 2.45) is 5.29 Å². The van der Waals surface area contributed by atoms with Gasteiger partial charge in [0, 0.05) is 0 Å². The lowest BCUT2D eigenvalue weighted by Gasteiger charge is -2.20. The lowest BCUT2D eigenvalue weighted by atomic mass is 10.1. The number of nitroso groups, excluding NO2 is 1. The lowest BCUT2D eigenvalue weighted by molar-refractivity contribution is 0.229. The van der Waals surface area contributed by atoms with Crippen LogP contribution in [0.2, 0.25) is 0 Å². The van der Waals surface area contributed by atoms with Crippen molar-refractivity contribution in [2.75, 3.05) is 6.54 Å². The second-order valence-electron chi connectivity index (χ2n) is 3.64. The Morgan fingerprint density at radius 3 is 3.07 bits per heavy atom. The van der Waals surface area contributed by atoms with Crippen molar-refractivity contribution in [3.8, 4) is 12.3 Å². The monoisotopic (exact) mass is 200 g/mol. The molecule has 1 aliphatic carbocycles. The third-order valence-corrected chi connectivity index (χ3v) is 2.82. The van der Waals surface area contributed by atoms with E-state index in [1.54, 1.807) is 0 Å². The van der Waals surface area contributed by atoms with Gasteiger partial charge in [-0.25, -0.2) is 5.01 Å². The van der Waals surface area contributed by atoms with Gasteiger partial charge < -0.3 is 0 Å². The molecular formula is C12H12N2O. The van der Waals surface area contributed by atoms with Crippen LogP contribution in [0.1, 0.15) is 23.6 Å². The van der Waals surface area contributed by atoms with Crippen molar-refractivity contribution in [1.29, 1.82) is 0 Å². The Bertz CT molecular complexity index is 408. The van der Waals surface area contributed by atoms with Gasteiger partial charge in [-0.2, -0.15) is 0 Å². The number of hydrogen-bond acceptors (Lipinski definition) is 2. The summed E-state index contributed by atoms with van der Waals surface area (Å²) in [5, 5.41) is 4.45. The van der Waals surface area contributed by atoms with Crippen LogP contribution in [0.25, 0.3) is 0 Å². The van der Waals surface area contributed by atoms with Gasteiger partial charge in [0.05, 0.1) is 11.3 Å². The van der Waals surface area contributed by atoms with E-state index in [2.05, 4.69) is 17.3 Å². The highest BCUT2D eigenvalue weighted by atomic mass is 16.3. The largest absolute Gasteiger partial charge is 0.241 e. The molecule has 0 bridgehead atoms. The van der Waals surface area contributed by atoms with E-state index in [-0.39, 0.29) is 12.6 Å². The van der Waals surface area contributed by atoms with Gasteiger partial charge in [0.1, 0.15) is 6.54 Å². The van der Waals surface area contributed by atoms with Crippen molar-refractivity contribution in [3.05, 3.63) is 40.3 Å². The van der Waals surface area contributed by atoms with Gasteiger partial charge in [-0.05, 0) is 24.0 Å². The minimum atomic E-state index is 0.0646. The minimum absolute atomic E-state index is 0.0646. The Kier molecular flexibility index (Phi) is 2.68. The van der Waals surface area contributed by atoms with E-state index in [1.807, 2.05) is 18.2 Å². The van der Waals surface area contributed by atoms with Gasteiger partial charge in [0.2, 0.25) is 0 Å². The van der Waals surface area contributed by atoms with E-state index in [4.69, 9.17) is 6.42 Å². The van der Waals surface area contributed by atoms with Crippen molar-refractivity contribution in [3.63, 3.8) is 0 Å². The lowest BCUT2D eigenvalue weighted by Crippen LogP contribution is -2.21. The maximum Gasteiger partial charge on any atom is 0.100 e. The highest BCUT2D eigenvalue weighted by molar-refractivity contribution is 5.34. The molecule has 0 aromatic heterocycles. The average Bonchev–Trinajstić information content (AvgIpc) is 2.70. The first-order valence-electron chi connectivity index (χ1n) is 4.98. The molecule has 1 atom stereocenters. The summed E-state index contributed by atoms with van der Waals surface area (Å²) in [7, 11) is 0. The molecule has 0 spiro atoms. The summed E-state index contributed by atoms with van der Waals surface area (Å²) in [6.07, 6.45) is 7.12. The van der Waals surface area contributed by atoms with Crippen LogP contribution in [0.4, 0.5) is 0 Å². The Balaban J connectivity index is 2.26. The van der Waals surface area contributed by atoms with Crippen molar-refractivity contribution < 1.29 is 0 Å². The standard InChI is InChI=1S/C12H12N2O/c1-2-9-14(13-15)12-8-7-10-5-3-4-6-11(10)12/h1,3-6,12H,7-9H2/t12-/m1/s1. The zero-order valence-electron chi connectivity index (χ0n) is 8.39. The predicted octanol–water partition coefficient (Wildman–Crippen LogP) is 2.29. The highest BCUT2D eigenvalue weighted by Crippen LogP contribution is 2.35. The van der Waals surface area contributed by atoms with Gasteiger partial charge in [-0.15, -0.1) is 11.3 Å². The summed E-state index contributed by atoms with van der Waals surface area (Å²) in [6, 6.07) is 8.20. The summed E-state index contributed by atoms with van der Waals surface area (Å²) in [5.74, 6) is 2.46. The first-order chi connectivity index (χ1) is 7.36. The average molecular weight is 200 g/mol. The molecule has 3 nitrogen and oxygen atoms in total. The normalized spacial score (nSPS) is 17.9. The maximum atomic E-state index is 10.7. The predicted molar refractivity (Wildman–Crippen MR) is 58.8 cm³/mol.